The van der Waals surface area contributed by atoms with E-state index in [1.165, 1.54) is 41.3 Å². The highest BCUT2D eigenvalue weighted by Crippen LogP contribution is 2.40. The van der Waals surface area contributed by atoms with E-state index in [-0.39, 0.29) is 0 Å². The normalized spacial score (nSPS) is 24.7. The second kappa shape index (κ2) is 6.16. The molecule has 0 unspecified atom stereocenters. The zero-order chi connectivity index (χ0) is 13.1. The van der Waals surface area contributed by atoms with Crippen molar-refractivity contribution in [1.82, 2.24) is 4.98 Å². The fourth-order valence-electron chi connectivity index (χ4n) is 3.02. The van der Waals surface area contributed by atoms with Gasteiger partial charge < -0.3 is 5.73 Å². The van der Waals surface area contributed by atoms with Crippen LogP contribution in [0.3, 0.4) is 0 Å². The molecule has 2 nitrogen and oxygen atoms in total. The van der Waals surface area contributed by atoms with E-state index in [9.17, 15) is 0 Å². The summed E-state index contributed by atoms with van der Waals surface area (Å²) >= 11 is 1.91. The third-order valence-corrected chi connectivity index (χ3v) is 5.72. The first-order chi connectivity index (χ1) is 8.61. The van der Waals surface area contributed by atoms with Gasteiger partial charge in [-0.25, -0.2) is 4.98 Å². The zero-order valence-corrected chi connectivity index (χ0v) is 12.7. The molecule has 0 aliphatic heterocycles. The Morgan fingerprint density at radius 3 is 2.50 bits per heavy atom. The van der Waals surface area contributed by atoms with Crippen molar-refractivity contribution in [1.29, 1.82) is 0 Å². The number of thiazole rings is 1. The number of aromatic nitrogens is 1. The van der Waals surface area contributed by atoms with Crippen LogP contribution in [0.1, 0.15) is 61.0 Å². The smallest absolute Gasteiger partial charge is 0.0961 e. The van der Waals surface area contributed by atoms with Gasteiger partial charge in [0.05, 0.1) is 10.7 Å². The van der Waals surface area contributed by atoms with Gasteiger partial charge in [-0.2, -0.15) is 0 Å². The average Bonchev–Trinajstić information content (AvgIpc) is 2.72. The molecule has 0 saturated heterocycles. The molecule has 1 heterocycles. The predicted octanol–water partition coefficient (Wildman–Crippen LogP) is 3.88. The molecule has 3 heteroatoms. The molecule has 2 rings (SSSR count). The lowest BCUT2D eigenvalue weighted by Crippen LogP contribution is -2.17. The van der Waals surface area contributed by atoms with E-state index in [4.69, 9.17) is 10.7 Å². The third kappa shape index (κ3) is 3.12. The maximum atomic E-state index is 5.65. The predicted molar refractivity (Wildman–Crippen MR) is 79.1 cm³/mol. The lowest BCUT2D eigenvalue weighted by molar-refractivity contribution is 0.258. The van der Waals surface area contributed by atoms with Crippen molar-refractivity contribution < 1.29 is 0 Å². The molecule has 1 saturated carbocycles. The molecule has 2 N–H and O–H groups in total. The molecule has 0 atom stereocenters. The van der Waals surface area contributed by atoms with E-state index in [0.717, 1.165) is 30.7 Å². The maximum absolute atomic E-state index is 5.65. The maximum Gasteiger partial charge on any atom is 0.0961 e. The van der Waals surface area contributed by atoms with Gasteiger partial charge in [-0.3, -0.25) is 0 Å². The summed E-state index contributed by atoms with van der Waals surface area (Å²) in [5, 5.41) is 1.37. The second-order valence-corrected chi connectivity index (χ2v) is 7.07. The highest BCUT2D eigenvalue weighted by atomic mass is 32.1. The molecule has 0 spiro atoms. The van der Waals surface area contributed by atoms with E-state index in [1.807, 2.05) is 11.3 Å². The van der Waals surface area contributed by atoms with Crippen molar-refractivity contribution in [3.63, 3.8) is 0 Å². The standard InChI is InChI=1S/C15H26N2S/c1-10(2)12-4-6-13(7-5-12)15-17-11(3)14(18-15)8-9-16/h10,12-13H,4-9,16H2,1-3H3. The Morgan fingerprint density at radius 2 is 1.94 bits per heavy atom. The van der Waals surface area contributed by atoms with Crippen LogP contribution in [0.2, 0.25) is 0 Å². The Labute approximate surface area is 115 Å². The molecule has 1 aliphatic rings. The van der Waals surface area contributed by atoms with Crippen LogP contribution >= 0.6 is 11.3 Å². The summed E-state index contributed by atoms with van der Waals surface area (Å²) in [5.41, 5.74) is 6.86. The quantitative estimate of drug-likeness (QED) is 0.898. The van der Waals surface area contributed by atoms with E-state index >= 15 is 0 Å². The first-order valence-electron chi connectivity index (χ1n) is 7.28. The molecular weight excluding hydrogens is 240 g/mol. The first kappa shape index (κ1) is 14.0. The topological polar surface area (TPSA) is 38.9 Å². The van der Waals surface area contributed by atoms with Gasteiger partial charge in [-0.15, -0.1) is 11.3 Å². The number of nitrogens with two attached hydrogens (primary N) is 1. The molecule has 1 aliphatic carbocycles. The van der Waals surface area contributed by atoms with Gasteiger partial charge in [0, 0.05) is 10.8 Å². The number of aryl methyl sites for hydroxylation is 1. The first-order valence-corrected chi connectivity index (χ1v) is 8.09. The van der Waals surface area contributed by atoms with E-state index < -0.39 is 0 Å². The fourth-order valence-corrected chi connectivity index (χ4v) is 4.27. The molecule has 0 bridgehead atoms. The Morgan fingerprint density at radius 1 is 1.28 bits per heavy atom. The molecule has 1 fully saturated rings. The number of hydrogen-bond donors (Lipinski definition) is 1. The van der Waals surface area contributed by atoms with E-state index in [1.54, 1.807) is 0 Å². The molecular formula is C15H26N2S. The summed E-state index contributed by atoms with van der Waals surface area (Å²) in [6.07, 6.45) is 6.42. The van der Waals surface area contributed by atoms with Crippen molar-refractivity contribution in [3.05, 3.63) is 15.6 Å². The molecule has 1 aromatic rings. The Balaban J connectivity index is 1.99. The van der Waals surface area contributed by atoms with Gasteiger partial charge in [0.2, 0.25) is 0 Å². The van der Waals surface area contributed by atoms with Gasteiger partial charge in [0.15, 0.2) is 0 Å². The van der Waals surface area contributed by atoms with Crippen LogP contribution in [-0.4, -0.2) is 11.5 Å². The van der Waals surface area contributed by atoms with Crippen LogP contribution in [0.5, 0.6) is 0 Å². The number of nitrogens with zero attached hydrogens (tertiary/aromatic N) is 1. The fraction of sp³-hybridized carbons (Fsp3) is 0.800. The minimum absolute atomic E-state index is 0.718. The van der Waals surface area contributed by atoms with Gasteiger partial charge in [-0.05, 0) is 57.4 Å². The molecule has 102 valence electrons. The molecule has 1 aromatic heterocycles. The van der Waals surface area contributed by atoms with Crippen LogP contribution in [0.25, 0.3) is 0 Å². The Kier molecular flexibility index (Phi) is 4.79. The van der Waals surface area contributed by atoms with E-state index in [2.05, 4.69) is 20.8 Å². The monoisotopic (exact) mass is 266 g/mol. The van der Waals surface area contributed by atoms with Gasteiger partial charge >= 0.3 is 0 Å². The zero-order valence-electron chi connectivity index (χ0n) is 11.9. The Bertz CT molecular complexity index is 376. The van der Waals surface area contributed by atoms with Crippen molar-refractivity contribution in [3.8, 4) is 0 Å². The van der Waals surface area contributed by atoms with Crippen LogP contribution in [0, 0.1) is 18.8 Å². The molecule has 0 amide bonds. The van der Waals surface area contributed by atoms with Crippen molar-refractivity contribution in [2.45, 2.75) is 58.8 Å². The van der Waals surface area contributed by atoms with Gasteiger partial charge in [0.1, 0.15) is 0 Å². The Hall–Kier alpha value is -0.410. The van der Waals surface area contributed by atoms with Crippen molar-refractivity contribution in [2.75, 3.05) is 6.54 Å². The van der Waals surface area contributed by atoms with Crippen molar-refractivity contribution in [2.24, 2.45) is 17.6 Å². The highest BCUT2D eigenvalue weighted by Gasteiger charge is 2.26. The molecule has 0 aromatic carbocycles. The summed E-state index contributed by atoms with van der Waals surface area (Å²) < 4.78 is 0. The largest absolute Gasteiger partial charge is 0.330 e. The van der Waals surface area contributed by atoms with Crippen molar-refractivity contribution >= 4 is 11.3 Å². The summed E-state index contributed by atoms with van der Waals surface area (Å²) in [7, 11) is 0. The minimum atomic E-state index is 0.718. The third-order valence-electron chi connectivity index (χ3n) is 4.34. The van der Waals surface area contributed by atoms with Gasteiger partial charge in [-0.1, -0.05) is 13.8 Å². The molecule has 0 radical (unpaired) electrons. The van der Waals surface area contributed by atoms with Crippen LogP contribution in [0.4, 0.5) is 0 Å². The highest BCUT2D eigenvalue weighted by molar-refractivity contribution is 7.11. The molecule has 18 heavy (non-hydrogen) atoms. The SMILES string of the molecule is Cc1nc(C2CCC(C(C)C)CC2)sc1CCN. The lowest BCUT2D eigenvalue weighted by Gasteiger charge is -2.29. The average molecular weight is 266 g/mol. The van der Waals surface area contributed by atoms with E-state index in [0.29, 0.717) is 0 Å². The van der Waals surface area contributed by atoms with Crippen LogP contribution in [-0.2, 0) is 6.42 Å². The lowest BCUT2D eigenvalue weighted by atomic mass is 9.77. The van der Waals surface area contributed by atoms with Crippen LogP contribution < -0.4 is 5.73 Å². The van der Waals surface area contributed by atoms with Crippen LogP contribution in [0.15, 0.2) is 0 Å². The summed E-state index contributed by atoms with van der Waals surface area (Å²) in [4.78, 5) is 6.19. The van der Waals surface area contributed by atoms with Gasteiger partial charge in [0.25, 0.3) is 0 Å². The minimum Gasteiger partial charge on any atom is -0.330 e. The number of rotatable bonds is 4. The summed E-state index contributed by atoms with van der Waals surface area (Å²) in [5.74, 6) is 2.50. The number of hydrogen-bond acceptors (Lipinski definition) is 3. The summed E-state index contributed by atoms with van der Waals surface area (Å²) in [6.45, 7) is 7.59. The second-order valence-electron chi connectivity index (χ2n) is 5.96. The summed E-state index contributed by atoms with van der Waals surface area (Å²) in [6, 6.07) is 0.